The second-order valence-corrected chi connectivity index (χ2v) is 6.62. The summed E-state index contributed by atoms with van der Waals surface area (Å²) in [6, 6.07) is 5.48. The molecule has 1 fully saturated rings. The van der Waals surface area contributed by atoms with Gasteiger partial charge in [-0.3, -0.25) is 0 Å². The molecule has 1 aliphatic heterocycles. The lowest BCUT2D eigenvalue weighted by Gasteiger charge is -2.35. The first-order valence-electron chi connectivity index (χ1n) is 8.27. The van der Waals surface area contributed by atoms with Crippen LogP contribution in [0.1, 0.15) is 20.3 Å². The Labute approximate surface area is 139 Å². The van der Waals surface area contributed by atoms with E-state index in [-0.39, 0.29) is 6.61 Å². The van der Waals surface area contributed by atoms with Gasteiger partial charge in [0.15, 0.2) is 11.5 Å². The van der Waals surface area contributed by atoms with E-state index in [4.69, 9.17) is 14.2 Å². The number of ether oxygens (including phenoxy) is 3. The molecule has 0 radical (unpaired) electrons. The van der Waals surface area contributed by atoms with Crippen molar-refractivity contribution in [3.63, 3.8) is 0 Å². The highest BCUT2D eigenvalue weighted by Crippen LogP contribution is 2.36. The van der Waals surface area contributed by atoms with Crippen molar-refractivity contribution in [2.24, 2.45) is 11.8 Å². The molecule has 2 rings (SSSR count). The number of piperidine rings is 1. The Bertz CT molecular complexity index is 462. The fraction of sp³-hybridized carbons (Fsp3) is 0.667. The molecule has 0 bridgehead atoms. The molecule has 1 heterocycles. The first kappa shape index (κ1) is 17.9. The predicted octanol–water partition coefficient (Wildman–Crippen LogP) is 2.42. The van der Waals surface area contributed by atoms with Crippen LogP contribution in [0, 0.1) is 11.8 Å². The van der Waals surface area contributed by atoms with E-state index in [1.807, 2.05) is 18.2 Å². The first-order valence-corrected chi connectivity index (χ1v) is 8.27. The fourth-order valence-electron chi connectivity index (χ4n) is 3.43. The van der Waals surface area contributed by atoms with Crippen LogP contribution in [0.2, 0.25) is 0 Å². The van der Waals surface area contributed by atoms with E-state index in [0.717, 1.165) is 13.1 Å². The van der Waals surface area contributed by atoms with Crippen molar-refractivity contribution >= 4 is 0 Å². The van der Waals surface area contributed by atoms with E-state index in [0.29, 0.717) is 35.6 Å². The second kappa shape index (κ2) is 8.41. The van der Waals surface area contributed by atoms with Crippen molar-refractivity contribution in [2.45, 2.75) is 26.4 Å². The SMILES string of the molecule is COc1cccc(OC)c1OC[C@H](O)CN1C[C@H](C)C[C@@H](C)C1. The van der Waals surface area contributed by atoms with Crippen molar-refractivity contribution in [3.05, 3.63) is 18.2 Å². The quantitative estimate of drug-likeness (QED) is 0.835. The van der Waals surface area contributed by atoms with Gasteiger partial charge >= 0.3 is 0 Å². The highest BCUT2D eigenvalue weighted by atomic mass is 16.5. The third-order valence-corrected chi connectivity index (χ3v) is 4.22. The number of hydrogen-bond acceptors (Lipinski definition) is 5. The van der Waals surface area contributed by atoms with Crippen LogP contribution in [0.4, 0.5) is 0 Å². The molecule has 5 nitrogen and oxygen atoms in total. The zero-order chi connectivity index (χ0) is 16.8. The van der Waals surface area contributed by atoms with E-state index >= 15 is 0 Å². The van der Waals surface area contributed by atoms with Gasteiger partial charge in [0.25, 0.3) is 0 Å². The highest BCUT2D eigenvalue weighted by molar-refractivity contribution is 5.51. The Morgan fingerprint density at radius 3 is 2.22 bits per heavy atom. The van der Waals surface area contributed by atoms with Crippen LogP contribution in [0.25, 0.3) is 0 Å². The average molecular weight is 323 g/mol. The van der Waals surface area contributed by atoms with Crippen molar-refractivity contribution in [3.8, 4) is 17.2 Å². The summed E-state index contributed by atoms with van der Waals surface area (Å²) >= 11 is 0. The van der Waals surface area contributed by atoms with Crippen molar-refractivity contribution in [1.29, 1.82) is 0 Å². The Hall–Kier alpha value is -1.46. The average Bonchev–Trinajstić information content (AvgIpc) is 2.51. The van der Waals surface area contributed by atoms with Crippen LogP contribution in [-0.2, 0) is 0 Å². The monoisotopic (exact) mass is 323 g/mol. The minimum Gasteiger partial charge on any atom is -0.493 e. The number of likely N-dealkylation sites (tertiary alicyclic amines) is 1. The van der Waals surface area contributed by atoms with Crippen LogP contribution >= 0.6 is 0 Å². The summed E-state index contributed by atoms with van der Waals surface area (Å²) in [4.78, 5) is 2.33. The number of β-amino-alcohol motifs (C(OH)–C–C–N with tert-alkyl or cyclic N) is 1. The highest BCUT2D eigenvalue weighted by Gasteiger charge is 2.24. The van der Waals surface area contributed by atoms with Gasteiger partial charge in [0.1, 0.15) is 12.7 Å². The van der Waals surface area contributed by atoms with Gasteiger partial charge in [0.2, 0.25) is 5.75 Å². The summed E-state index contributed by atoms with van der Waals surface area (Å²) in [5.74, 6) is 3.12. The molecule has 0 amide bonds. The maximum Gasteiger partial charge on any atom is 0.203 e. The molecular weight excluding hydrogens is 294 g/mol. The molecule has 5 heteroatoms. The zero-order valence-corrected chi connectivity index (χ0v) is 14.6. The summed E-state index contributed by atoms with van der Waals surface area (Å²) in [6.45, 7) is 7.47. The van der Waals surface area contributed by atoms with E-state index in [1.54, 1.807) is 14.2 Å². The van der Waals surface area contributed by atoms with Gasteiger partial charge in [-0.05, 0) is 30.4 Å². The molecule has 0 spiro atoms. The van der Waals surface area contributed by atoms with Gasteiger partial charge in [0, 0.05) is 19.6 Å². The molecule has 1 aromatic rings. The summed E-state index contributed by atoms with van der Waals surface area (Å²) in [5.41, 5.74) is 0. The fourth-order valence-corrected chi connectivity index (χ4v) is 3.43. The summed E-state index contributed by atoms with van der Waals surface area (Å²) in [5, 5.41) is 10.3. The van der Waals surface area contributed by atoms with E-state index < -0.39 is 6.10 Å². The van der Waals surface area contributed by atoms with Gasteiger partial charge < -0.3 is 24.2 Å². The van der Waals surface area contributed by atoms with Crippen LogP contribution < -0.4 is 14.2 Å². The number of methoxy groups -OCH3 is 2. The van der Waals surface area contributed by atoms with Crippen molar-refractivity contribution in [1.82, 2.24) is 4.90 Å². The lowest BCUT2D eigenvalue weighted by Crippen LogP contribution is -2.44. The van der Waals surface area contributed by atoms with E-state index in [1.165, 1.54) is 6.42 Å². The molecule has 1 N–H and O–H groups in total. The molecule has 0 aromatic heterocycles. The van der Waals surface area contributed by atoms with Gasteiger partial charge in [-0.2, -0.15) is 0 Å². The molecule has 1 aromatic carbocycles. The summed E-state index contributed by atoms with van der Waals surface area (Å²) in [6.07, 6.45) is 0.726. The van der Waals surface area contributed by atoms with Crippen LogP contribution in [-0.4, -0.2) is 56.6 Å². The van der Waals surface area contributed by atoms with Crippen LogP contribution in [0.3, 0.4) is 0 Å². The Kier molecular flexibility index (Phi) is 6.54. The number of aliphatic hydroxyl groups is 1. The van der Waals surface area contributed by atoms with Crippen molar-refractivity contribution < 1.29 is 19.3 Å². The Morgan fingerprint density at radius 1 is 1.13 bits per heavy atom. The maximum atomic E-state index is 10.3. The molecule has 1 saturated heterocycles. The maximum absolute atomic E-state index is 10.3. The van der Waals surface area contributed by atoms with Crippen molar-refractivity contribution in [2.75, 3.05) is 40.5 Å². The van der Waals surface area contributed by atoms with Gasteiger partial charge in [0.05, 0.1) is 14.2 Å². The zero-order valence-electron chi connectivity index (χ0n) is 14.6. The lowest BCUT2D eigenvalue weighted by molar-refractivity contribution is 0.0416. The smallest absolute Gasteiger partial charge is 0.203 e. The molecule has 0 aliphatic carbocycles. The van der Waals surface area contributed by atoms with Gasteiger partial charge in [-0.15, -0.1) is 0 Å². The Balaban J connectivity index is 1.90. The van der Waals surface area contributed by atoms with Gasteiger partial charge in [-0.25, -0.2) is 0 Å². The molecule has 130 valence electrons. The minimum absolute atomic E-state index is 0.218. The lowest BCUT2D eigenvalue weighted by atomic mass is 9.92. The largest absolute Gasteiger partial charge is 0.493 e. The van der Waals surface area contributed by atoms with Gasteiger partial charge in [-0.1, -0.05) is 19.9 Å². The van der Waals surface area contributed by atoms with Crippen LogP contribution in [0.15, 0.2) is 18.2 Å². The third-order valence-electron chi connectivity index (χ3n) is 4.22. The summed E-state index contributed by atoms with van der Waals surface area (Å²) in [7, 11) is 3.18. The normalized spacial score (nSPS) is 23.3. The summed E-state index contributed by atoms with van der Waals surface area (Å²) < 4.78 is 16.4. The standard InChI is InChI=1S/C18H29NO4/c1-13-8-14(2)10-19(9-13)11-15(20)12-23-18-16(21-3)6-5-7-17(18)22-4/h5-7,13-15,20H,8-12H2,1-4H3/t13-,14-,15-/m1/s1. The number of rotatable bonds is 7. The molecule has 23 heavy (non-hydrogen) atoms. The topological polar surface area (TPSA) is 51.2 Å². The predicted molar refractivity (Wildman–Crippen MR) is 90.4 cm³/mol. The first-order chi connectivity index (χ1) is 11.0. The third kappa shape index (κ3) is 5.01. The van der Waals surface area contributed by atoms with E-state index in [9.17, 15) is 5.11 Å². The number of benzene rings is 1. The molecule has 0 saturated carbocycles. The number of hydrogen-bond donors (Lipinski definition) is 1. The number of aliphatic hydroxyl groups excluding tert-OH is 1. The van der Waals surface area contributed by atoms with Crippen LogP contribution in [0.5, 0.6) is 17.2 Å². The molecule has 1 aliphatic rings. The second-order valence-electron chi connectivity index (χ2n) is 6.62. The Morgan fingerprint density at radius 2 is 1.70 bits per heavy atom. The van der Waals surface area contributed by atoms with E-state index in [2.05, 4.69) is 18.7 Å². The molecular formula is C18H29NO4. The number of para-hydroxylation sites is 1. The minimum atomic E-state index is -0.540. The molecule has 3 atom stereocenters. The number of nitrogens with zero attached hydrogens (tertiary/aromatic N) is 1. The molecule has 0 unspecified atom stereocenters.